The number of aromatic nitrogens is 1. The highest BCUT2D eigenvalue weighted by Gasteiger charge is 2.20. The molecule has 0 saturated heterocycles. The van der Waals surface area contributed by atoms with Crippen molar-refractivity contribution in [2.75, 3.05) is 6.54 Å². The second-order valence-electron chi connectivity index (χ2n) is 6.27. The van der Waals surface area contributed by atoms with Crippen LogP contribution >= 0.6 is 0 Å². The maximum Gasteiger partial charge on any atom is 0.330 e. The summed E-state index contributed by atoms with van der Waals surface area (Å²) in [5, 5.41) is 8.98. The van der Waals surface area contributed by atoms with Crippen LogP contribution in [0.4, 0.5) is 0 Å². The van der Waals surface area contributed by atoms with Crippen LogP contribution in [0.15, 0.2) is 55.0 Å². The largest absolute Gasteiger partial charge is 1.00 e. The molecule has 146 valence electrons. The summed E-state index contributed by atoms with van der Waals surface area (Å²) in [6.07, 6.45) is 18.7. The molecule has 1 atom stereocenters. The fourth-order valence-corrected chi connectivity index (χ4v) is 2.62. The zero-order chi connectivity index (χ0) is 18.3. The number of hydrogen-bond donors (Lipinski definition) is 1. The van der Waals surface area contributed by atoms with Crippen LogP contribution in [0.25, 0.3) is 0 Å². The van der Waals surface area contributed by atoms with Crippen LogP contribution in [0.5, 0.6) is 0 Å². The van der Waals surface area contributed by atoms with E-state index in [-0.39, 0.29) is 12.4 Å². The van der Waals surface area contributed by atoms with Gasteiger partial charge in [0.25, 0.3) is 0 Å². The molecular weight excluding hydrogens is 348 g/mol. The third-order valence-corrected chi connectivity index (χ3v) is 4.11. The third kappa shape index (κ3) is 10.2. The number of hydrogen-bond acceptors (Lipinski definition) is 2. The van der Waals surface area contributed by atoms with Gasteiger partial charge in [-0.05, 0) is 12.5 Å². The maximum atomic E-state index is 10.9. The number of rotatable bonds is 9. The lowest BCUT2D eigenvalue weighted by Gasteiger charge is -2.27. The molecule has 0 spiro atoms. The van der Waals surface area contributed by atoms with Crippen LogP contribution in [-0.2, 0) is 11.3 Å². The van der Waals surface area contributed by atoms with E-state index >= 15 is 0 Å². The molecule has 1 aromatic rings. The molecule has 0 radical (unpaired) electrons. The lowest BCUT2D eigenvalue weighted by atomic mass is 10.1. The maximum absolute atomic E-state index is 10.9. The van der Waals surface area contributed by atoms with Crippen molar-refractivity contribution in [2.45, 2.75) is 65.0 Å². The number of halogens is 1. The molecule has 0 saturated carbocycles. The van der Waals surface area contributed by atoms with Gasteiger partial charge >= 0.3 is 5.97 Å². The molecule has 1 N–H and O–H groups in total. The minimum absolute atomic E-state index is 0. The molecule has 2 heterocycles. The number of aryl methyl sites for hydroxylation is 1. The third-order valence-electron chi connectivity index (χ3n) is 4.11. The van der Waals surface area contributed by atoms with E-state index in [1.807, 2.05) is 23.2 Å². The fraction of sp³-hybridized carbons (Fsp3) is 0.524. The van der Waals surface area contributed by atoms with Crippen LogP contribution in [0, 0.1) is 0 Å². The first-order valence-electron chi connectivity index (χ1n) is 9.46. The molecule has 0 aromatic carbocycles. The first kappa shape index (κ1) is 24.2. The normalized spacial score (nSPS) is 15.0. The van der Waals surface area contributed by atoms with Gasteiger partial charge in [-0.15, -0.1) is 0 Å². The van der Waals surface area contributed by atoms with E-state index in [0.717, 1.165) is 19.5 Å². The summed E-state index contributed by atoms with van der Waals surface area (Å²) >= 11 is 0. The number of pyridine rings is 1. The molecule has 0 aliphatic carbocycles. The topological polar surface area (TPSA) is 44.4 Å². The Morgan fingerprint density at radius 2 is 1.69 bits per heavy atom. The molecule has 0 fully saturated rings. The van der Waals surface area contributed by atoms with E-state index < -0.39 is 12.0 Å². The molecule has 1 unspecified atom stereocenters. The Bertz CT molecular complexity index is 532. The van der Waals surface area contributed by atoms with Crippen LogP contribution in [-0.4, -0.2) is 28.6 Å². The second kappa shape index (κ2) is 15.4. The molecule has 0 bridgehead atoms. The second-order valence-corrected chi connectivity index (χ2v) is 6.27. The molecule has 1 aliphatic rings. The van der Waals surface area contributed by atoms with E-state index in [2.05, 4.69) is 42.9 Å². The Morgan fingerprint density at radius 1 is 1.00 bits per heavy atom. The summed E-state index contributed by atoms with van der Waals surface area (Å²) < 4.78 is 2.21. The highest BCUT2D eigenvalue weighted by atomic mass is 35.5. The predicted octanol–water partition coefficient (Wildman–Crippen LogP) is 1.18. The lowest BCUT2D eigenvalue weighted by molar-refractivity contribution is -0.697. The first-order valence-corrected chi connectivity index (χ1v) is 9.46. The van der Waals surface area contributed by atoms with Crippen molar-refractivity contribution in [3.63, 3.8) is 0 Å². The van der Waals surface area contributed by atoms with E-state index in [0.29, 0.717) is 0 Å². The number of carboxylic acid groups (broad SMARTS) is 1. The minimum atomic E-state index is -0.772. The Morgan fingerprint density at radius 3 is 2.31 bits per heavy atom. The highest BCUT2D eigenvalue weighted by Crippen LogP contribution is 2.11. The Hall–Kier alpha value is -1.81. The first-order chi connectivity index (χ1) is 12.2. The quantitative estimate of drug-likeness (QED) is 0.517. The average molecular weight is 381 g/mol. The van der Waals surface area contributed by atoms with Gasteiger partial charge in [-0.2, -0.15) is 0 Å². The van der Waals surface area contributed by atoms with Crippen molar-refractivity contribution in [1.82, 2.24) is 4.90 Å². The standard InChI is InChI=1S/C12H19NO2.C9H14N.ClH/c1-2-3-4-6-9-13-10-7-5-8-11(13)12(14)15;1-2-3-7-10-8-5-4-6-9-10;/h5,7-8,10-11H,2-4,6,9H2,1H3,(H,14,15);4-6,8-9H,2-3,7H2,1H3;1H/q;+1;/p-1. The van der Waals surface area contributed by atoms with Gasteiger partial charge < -0.3 is 22.4 Å². The van der Waals surface area contributed by atoms with Crippen LogP contribution in [0.2, 0.25) is 0 Å². The van der Waals surface area contributed by atoms with Crippen LogP contribution in [0.3, 0.4) is 0 Å². The predicted molar refractivity (Wildman–Crippen MR) is 102 cm³/mol. The van der Waals surface area contributed by atoms with Gasteiger partial charge in [0, 0.05) is 31.3 Å². The Labute approximate surface area is 164 Å². The van der Waals surface area contributed by atoms with E-state index in [1.54, 1.807) is 12.2 Å². The number of carbonyl (C=O) groups is 1. The van der Waals surface area contributed by atoms with Gasteiger partial charge in [0.1, 0.15) is 12.6 Å². The van der Waals surface area contributed by atoms with E-state index in [1.165, 1.54) is 32.1 Å². The van der Waals surface area contributed by atoms with E-state index in [4.69, 9.17) is 5.11 Å². The molecule has 4 nitrogen and oxygen atoms in total. The summed E-state index contributed by atoms with van der Waals surface area (Å²) in [6, 6.07) is 5.70. The zero-order valence-electron chi connectivity index (χ0n) is 16.1. The van der Waals surface area contributed by atoms with Crippen molar-refractivity contribution in [2.24, 2.45) is 0 Å². The molecular formula is C21H33ClN2O2. The average Bonchev–Trinajstić information content (AvgIpc) is 2.65. The molecule has 0 amide bonds. The smallest absolute Gasteiger partial charge is 0.330 e. The fourth-order valence-electron chi connectivity index (χ4n) is 2.62. The van der Waals surface area contributed by atoms with Gasteiger partial charge in [-0.3, -0.25) is 0 Å². The lowest BCUT2D eigenvalue weighted by Crippen LogP contribution is -3.00. The van der Waals surface area contributed by atoms with Crippen molar-refractivity contribution >= 4 is 5.97 Å². The molecule has 26 heavy (non-hydrogen) atoms. The van der Waals surface area contributed by atoms with Crippen molar-refractivity contribution in [1.29, 1.82) is 0 Å². The number of carboxylic acids is 1. The van der Waals surface area contributed by atoms with Gasteiger partial charge in [0.2, 0.25) is 0 Å². The highest BCUT2D eigenvalue weighted by molar-refractivity contribution is 5.76. The van der Waals surface area contributed by atoms with Crippen molar-refractivity contribution in [3.05, 3.63) is 55.0 Å². The molecule has 2 rings (SSSR count). The van der Waals surface area contributed by atoms with E-state index in [9.17, 15) is 4.79 Å². The van der Waals surface area contributed by atoms with Gasteiger partial charge in [0.15, 0.2) is 12.4 Å². The summed E-state index contributed by atoms with van der Waals surface area (Å²) in [5.74, 6) is -0.772. The Kier molecular flexibility index (Phi) is 14.4. The summed E-state index contributed by atoms with van der Waals surface area (Å²) in [4.78, 5) is 12.8. The number of nitrogens with zero attached hydrogens (tertiary/aromatic N) is 2. The molecule has 5 heteroatoms. The molecule has 1 aromatic heterocycles. The number of allylic oxidation sites excluding steroid dienone is 2. The molecule has 1 aliphatic heterocycles. The SMILES string of the molecule is CCCCCCN1C=CC=CC1C(=O)O.CCCC[n+]1ccccc1.[Cl-]. The monoisotopic (exact) mass is 380 g/mol. The number of unbranched alkanes of at least 4 members (excludes halogenated alkanes) is 4. The van der Waals surface area contributed by atoms with Gasteiger partial charge in [0.05, 0.1) is 0 Å². The van der Waals surface area contributed by atoms with Gasteiger partial charge in [-0.25, -0.2) is 9.36 Å². The zero-order valence-corrected chi connectivity index (χ0v) is 16.8. The van der Waals surface area contributed by atoms with Crippen molar-refractivity contribution < 1.29 is 26.9 Å². The van der Waals surface area contributed by atoms with Crippen LogP contribution in [0.1, 0.15) is 52.4 Å². The number of aliphatic carboxylic acids is 1. The summed E-state index contributed by atoms with van der Waals surface area (Å²) in [5.41, 5.74) is 0. The minimum Gasteiger partial charge on any atom is -1.00 e. The van der Waals surface area contributed by atoms with Gasteiger partial charge in [-0.1, -0.05) is 57.7 Å². The van der Waals surface area contributed by atoms with Crippen LogP contribution < -0.4 is 17.0 Å². The van der Waals surface area contributed by atoms with Crippen molar-refractivity contribution in [3.8, 4) is 0 Å². The Balaban J connectivity index is 0.000000497. The summed E-state index contributed by atoms with van der Waals surface area (Å²) in [6.45, 7) is 6.36. The summed E-state index contributed by atoms with van der Waals surface area (Å²) in [7, 11) is 0.